The van der Waals surface area contributed by atoms with Crippen LogP contribution in [0.1, 0.15) is 18.6 Å². The Hall–Kier alpha value is -2.30. The Bertz CT molecular complexity index is 613. The van der Waals surface area contributed by atoms with Crippen LogP contribution in [0.25, 0.3) is 10.9 Å². The maximum absolute atomic E-state index is 11.5. The summed E-state index contributed by atoms with van der Waals surface area (Å²) in [6.07, 6.45) is 1.48. The summed E-state index contributed by atoms with van der Waals surface area (Å²) in [5.74, 6) is -0.281. The van der Waals surface area contributed by atoms with E-state index in [2.05, 4.69) is 0 Å². The molecule has 2 rings (SSSR count). The number of ether oxygens (including phenoxy) is 1. The van der Waals surface area contributed by atoms with Crippen molar-refractivity contribution < 1.29 is 14.3 Å². The minimum atomic E-state index is -0.435. The van der Waals surface area contributed by atoms with Crippen molar-refractivity contribution in [1.29, 1.82) is 0 Å². The molecule has 0 saturated heterocycles. The Balaban J connectivity index is 2.75. The molecule has 1 heterocycles. The zero-order chi connectivity index (χ0) is 12.6. The number of rotatable bonds is 1. The number of para-hydroxylation sites is 1. The van der Waals surface area contributed by atoms with Gasteiger partial charge in [-0.3, -0.25) is 14.2 Å². The van der Waals surface area contributed by atoms with Gasteiger partial charge in [-0.2, -0.15) is 0 Å². The molecular weight excluding hydrogens is 220 g/mol. The zero-order valence-corrected chi connectivity index (χ0v) is 9.56. The summed E-state index contributed by atoms with van der Waals surface area (Å²) in [6, 6.07) is 5.19. The number of hydrogen-bond acceptors (Lipinski definition) is 4. The van der Waals surface area contributed by atoms with Crippen LogP contribution in [0.15, 0.2) is 24.4 Å². The quantitative estimate of drug-likeness (QED) is 0.601. The van der Waals surface area contributed by atoms with Gasteiger partial charge in [0.1, 0.15) is 0 Å². The minimum Gasteiger partial charge on any atom is -0.424 e. The summed E-state index contributed by atoms with van der Waals surface area (Å²) in [7, 11) is 0. The molecule has 0 unspecified atom stereocenters. The molecule has 88 valence electrons. The van der Waals surface area contributed by atoms with Gasteiger partial charge in [-0.25, -0.2) is 0 Å². The van der Waals surface area contributed by atoms with Crippen molar-refractivity contribution in [2.75, 3.05) is 5.73 Å². The summed E-state index contributed by atoms with van der Waals surface area (Å²) in [6.45, 7) is 2.73. The van der Waals surface area contributed by atoms with Gasteiger partial charge < -0.3 is 10.5 Å². The van der Waals surface area contributed by atoms with Crippen molar-refractivity contribution in [2.24, 2.45) is 0 Å². The van der Waals surface area contributed by atoms with Gasteiger partial charge in [-0.15, -0.1) is 0 Å². The van der Waals surface area contributed by atoms with Gasteiger partial charge >= 0.3 is 5.97 Å². The lowest BCUT2D eigenvalue weighted by atomic mass is 10.2. The van der Waals surface area contributed by atoms with E-state index in [-0.39, 0.29) is 5.91 Å². The van der Waals surface area contributed by atoms with Crippen molar-refractivity contribution in [1.82, 2.24) is 4.57 Å². The van der Waals surface area contributed by atoms with Crippen LogP contribution in [0, 0.1) is 0 Å². The Kier molecular flexibility index (Phi) is 2.59. The molecule has 1 aromatic carbocycles. The number of hydrogen-bond donors (Lipinski definition) is 1. The third kappa shape index (κ3) is 1.87. The Morgan fingerprint density at radius 2 is 2.00 bits per heavy atom. The number of esters is 1. The topological polar surface area (TPSA) is 74.3 Å². The van der Waals surface area contributed by atoms with Crippen LogP contribution in [-0.4, -0.2) is 16.4 Å². The highest BCUT2D eigenvalue weighted by atomic mass is 16.5. The SMILES string of the molecule is CC(=O)Oc1cn(C(C)=O)c2c(N)cccc12. The van der Waals surface area contributed by atoms with Gasteiger partial charge in [-0.05, 0) is 12.1 Å². The van der Waals surface area contributed by atoms with Gasteiger partial charge in [-0.1, -0.05) is 6.07 Å². The second-order valence-corrected chi connectivity index (χ2v) is 3.72. The number of nitrogens with two attached hydrogens (primary N) is 1. The lowest BCUT2D eigenvalue weighted by Gasteiger charge is -2.01. The first-order valence-corrected chi connectivity index (χ1v) is 5.09. The molecule has 5 nitrogen and oxygen atoms in total. The van der Waals surface area contributed by atoms with E-state index < -0.39 is 5.97 Å². The van der Waals surface area contributed by atoms with Crippen LogP contribution in [0.3, 0.4) is 0 Å². The van der Waals surface area contributed by atoms with Crippen LogP contribution in [0.4, 0.5) is 5.69 Å². The Labute approximate surface area is 97.8 Å². The average molecular weight is 232 g/mol. The molecular formula is C12H12N2O3. The van der Waals surface area contributed by atoms with Crippen molar-refractivity contribution >= 4 is 28.5 Å². The normalized spacial score (nSPS) is 10.5. The molecule has 0 amide bonds. The van der Waals surface area contributed by atoms with Crippen molar-refractivity contribution in [3.8, 4) is 5.75 Å². The third-order valence-electron chi connectivity index (χ3n) is 2.41. The highest BCUT2D eigenvalue weighted by Crippen LogP contribution is 2.31. The fourth-order valence-corrected chi connectivity index (χ4v) is 1.76. The number of carbonyl (C=O) groups excluding carboxylic acids is 2. The molecule has 0 aliphatic rings. The highest BCUT2D eigenvalue weighted by molar-refractivity contribution is 6.02. The molecule has 2 aromatic rings. The number of nitrogen functional groups attached to an aromatic ring is 1. The third-order valence-corrected chi connectivity index (χ3v) is 2.41. The molecule has 0 fully saturated rings. The first-order valence-electron chi connectivity index (χ1n) is 5.09. The highest BCUT2D eigenvalue weighted by Gasteiger charge is 2.15. The number of fused-ring (bicyclic) bond motifs is 1. The number of carbonyl (C=O) groups is 2. The van der Waals surface area contributed by atoms with Crippen molar-refractivity contribution in [3.05, 3.63) is 24.4 Å². The maximum atomic E-state index is 11.5. The molecule has 17 heavy (non-hydrogen) atoms. The van der Waals surface area contributed by atoms with Crippen LogP contribution >= 0.6 is 0 Å². The van der Waals surface area contributed by atoms with Gasteiger partial charge in [0.15, 0.2) is 5.75 Å². The molecule has 0 saturated carbocycles. The van der Waals surface area contributed by atoms with E-state index in [1.807, 2.05) is 0 Å². The predicted molar refractivity (Wildman–Crippen MR) is 64.0 cm³/mol. The summed E-state index contributed by atoms with van der Waals surface area (Å²) >= 11 is 0. The smallest absolute Gasteiger partial charge is 0.308 e. The van der Waals surface area contributed by atoms with E-state index in [0.717, 1.165) is 0 Å². The van der Waals surface area contributed by atoms with Gasteiger partial charge in [0.25, 0.3) is 0 Å². The lowest BCUT2D eigenvalue weighted by Crippen LogP contribution is -2.05. The van der Waals surface area contributed by atoms with Crippen molar-refractivity contribution in [2.45, 2.75) is 13.8 Å². The van der Waals surface area contributed by atoms with E-state index >= 15 is 0 Å². The molecule has 0 aliphatic carbocycles. The number of aromatic nitrogens is 1. The molecule has 5 heteroatoms. The summed E-state index contributed by atoms with van der Waals surface area (Å²) in [5.41, 5.74) is 6.86. The second-order valence-electron chi connectivity index (χ2n) is 3.72. The standard InChI is InChI=1S/C12H12N2O3/c1-7(15)14-6-11(17-8(2)16)9-4-3-5-10(13)12(9)14/h3-6H,13H2,1-2H3. The molecule has 0 radical (unpaired) electrons. The van der Waals surface area contributed by atoms with Crippen LogP contribution in [0.5, 0.6) is 5.75 Å². The van der Waals surface area contributed by atoms with Crippen LogP contribution < -0.4 is 10.5 Å². The average Bonchev–Trinajstić information content (AvgIpc) is 2.58. The Morgan fingerprint density at radius 1 is 1.29 bits per heavy atom. The molecule has 0 aliphatic heterocycles. The maximum Gasteiger partial charge on any atom is 0.308 e. The van der Waals surface area contributed by atoms with E-state index in [9.17, 15) is 9.59 Å². The largest absolute Gasteiger partial charge is 0.424 e. The molecule has 1 aromatic heterocycles. The van der Waals surface area contributed by atoms with Gasteiger partial charge in [0, 0.05) is 19.2 Å². The lowest BCUT2D eigenvalue weighted by molar-refractivity contribution is -0.131. The fraction of sp³-hybridized carbons (Fsp3) is 0.167. The minimum absolute atomic E-state index is 0.189. The first kappa shape index (κ1) is 11.2. The molecule has 2 N–H and O–H groups in total. The fourth-order valence-electron chi connectivity index (χ4n) is 1.76. The number of nitrogens with zero attached hydrogens (tertiary/aromatic N) is 1. The number of anilines is 1. The first-order chi connectivity index (χ1) is 8.00. The van der Waals surface area contributed by atoms with Crippen molar-refractivity contribution in [3.63, 3.8) is 0 Å². The molecule has 0 spiro atoms. The van der Waals surface area contributed by atoms with Gasteiger partial charge in [0.2, 0.25) is 5.91 Å². The van der Waals surface area contributed by atoms with Crippen LogP contribution in [0.2, 0.25) is 0 Å². The summed E-state index contributed by atoms with van der Waals surface area (Å²) in [5, 5.41) is 0.649. The number of benzene rings is 1. The monoisotopic (exact) mass is 232 g/mol. The van der Waals surface area contributed by atoms with Gasteiger partial charge in [0.05, 0.1) is 17.4 Å². The van der Waals surface area contributed by atoms with E-state index in [1.165, 1.54) is 24.6 Å². The zero-order valence-electron chi connectivity index (χ0n) is 9.56. The predicted octanol–water partition coefficient (Wildman–Crippen LogP) is 1.81. The summed E-state index contributed by atoms with van der Waals surface area (Å²) in [4.78, 5) is 22.5. The van der Waals surface area contributed by atoms with E-state index in [4.69, 9.17) is 10.5 Å². The van der Waals surface area contributed by atoms with Crippen LogP contribution in [-0.2, 0) is 4.79 Å². The Morgan fingerprint density at radius 3 is 2.59 bits per heavy atom. The molecule has 0 atom stereocenters. The second kappa shape index (κ2) is 3.93. The van der Waals surface area contributed by atoms with E-state index in [1.54, 1.807) is 18.2 Å². The van der Waals surface area contributed by atoms with E-state index in [0.29, 0.717) is 22.3 Å². The summed E-state index contributed by atoms with van der Waals surface area (Å²) < 4.78 is 6.42. The molecule has 0 bridgehead atoms.